The minimum atomic E-state index is 0.143. The molecule has 1 rings (SSSR count). The van der Waals surface area contributed by atoms with Gasteiger partial charge in [-0.05, 0) is 36.5 Å². The first-order valence-electron chi connectivity index (χ1n) is 6.11. The molecule has 2 heteroatoms. The molecule has 0 heterocycles. The summed E-state index contributed by atoms with van der Waals surface area (Å²) >= 11 is 0. The zero-order valence-electron chi connectivity index (χ0n) is 10.6. The standard InChI is InChI=1S/C14H23NO/c1-4-14(15)12-5-7-13(8-6-12)16-10-9-11(2)3/h5-8,11,14H,4,9-10,15H2,1-3H3/t14-/m1/s1. The van der Waals surface area contributed by atoms with Crippen LogP contribution in [0.3, 0.4) is 0 Å². The van der Waals surface area contributed by atoms with Crippen molar-refractivity contribution >= 4 is 0 Å². The molecule has 2 nitrogen and oxygen atoms in total. The first kappa shape index (κ1) is 13.0. The molecule has 0 aromatic heterocycles. The van der Waals surface area contributed by atoms with E-state index in [1.54, 1.807) is 0 Å². The van der Waals surface area contributed by atoms with Crippen molar-refractivity contribution < 1.29 is 4.74 Å². The second kappa shape index (κ2) is 6.54. The Labute approximate surface area is 98.8 Å². The van der Waals surface area contributed by atoms with Gasteiger partial charge in [-0.3, -0.25) is 0 Å². The van der Waals surface area contributed by atoms with E-state index in [2.05, 4.69) is 32.9 Å². The van der Waals surface area contributed by atoms with Gasteiger partial charge in [0.2, 0.25) is 0 Å². The van der Waals surface area contributed by atoms with Crippen molar-refractivity contribution in [3.05, 3.63) is 29.8 Å². The van der Waals surface area contributed by atoms with E-state index in [4.69, 9.17) is 10.5 Å². The van der Waals surface area contributed by atoms with Crippen molar-refractivity contribution in [2.24, 2.45) is 11.7 Å². The summed E-state index contributed by atoms with van der Waals surface area (Å²) < 4.78 is 5.64. The Morgan fingerprint density at radius 2 is 1.81 bits per heavy atom. The van der Waals surface area contributed by atoms with E-state index in [-0.39, 0.29) is 6.04 Å². The van der Waals surface area contributed by atoms with E-state index < -0.39 is 0 Å². The second-order valence-corrected chi connectivity index (χ2v) is 4.61. The van der Waals surface area contributed by atoms with Gasteiger partial charge < -0.3 is 10.5 Å². The number of rotatable bonds is 6. The van der Waals surface area contributed by atoms with Crippen LogP contribution in [0.15, 0.2) is 24.3 Å². The molecule has 0 aliphatic carbocycles. The van der Waals surface area contributed by atoms with Gasteiger partial charge in [-0.1, -0.05) is 32.9 Å². The summed E-state index contributed by atoms with van der Waals surface area (Å²) in [4.78, 5) is 0. The third kappa shape index (κ3) is 4.23. The van der Waals surface area contributed by atoms with E-state index in [1.165, 1.54) is 5.56 Å². The smallest absolute Gasteiger partial charge is 0.119 e. The third-order valence-corrected chi connectivity index (χ3v) is 2.71. The van der Waals surface area contributed by atoms with E-state index in [0.717, 1.165) is 25.2 Å². The van der Waals surface area contributed by atoms with Gasteiger partial charge >= 0.3 is 0 Å². The minimum Gasteiger partial charge on any atom is -0.494 e. The van der Waals surface area contributed by atoms with Crippen LogP contribution in [-0.2, 0) is 0 Å². The maximum Gasteiger partial charge on any atom is 0.119 e. The lowest BCUT2D eigenvalue weighted by Gasteiger charge is -2.11. The fourth-order valence-electron chi connectivity index (χ4n) is 1.46. The predicted octanol–water partition coefficient (Wildman–Crippen LogP) is 3.52. The Kier molecular flexibility index (Phi) is 5.33. The molecule has 0 saturated carbocycles. The van der Waals surface area contributed by atoms with E-state index >= 15 is 0 Å². The van der Waals surface area contributed by atoms with Gasteiger partial charge in [0.15, 0.2) is 0 Å². The molecule has 16 heavy (non-hydrogen) atoms. The van der Waals surface area contributed by atoms with E-state index in [1.807, 2.05) is 12.1 Å². The third-order valence-electron chi connectivity index (χ3n) is 2.71. The summed E-state index contributed by atoms with van der Waals surface area (Å²) in [6.07, 6.45) is 2.06. The molecule has 0 radical (unpaired) electrons. The summed E-state index contributed by atoms with van der Waals surface area (Å²) in [5.74, 6) is 1.63. The lowest BCUT2D eigenvalue weighted by molar-refractivity contribution is 0.289. The molecule has 0 aliphatic rings. The highest BCUT2D eigenvalue weighted by atomic mass is 16.5. The lowest BCUT2D eigenvalue weighted by Crippen LogP contribution is -2.08. The van der Waals surface area contributed by atoms with Crippen molar-refractivity contribution in [1.82, 2.24) is 0 Å². The van der Waals surface area contributed by atoms with E-state index in [9.17, 15) is 0 Å². The molecule has 0 saturated heterocycles. The molecule has 0 bridgehead atoms. The Balaban J connectivity index is 2.45. The molecular formula is C14H23NO. The van der Waals surface area contributed by atoms with Crippen LogP contribution in [0.2, 0.25) is 0 Å². The summed E-state index contributed by atoms with van der Waals surface area (Å²) in [5, 5.41) is 0. The van der Waals surface area contributed by atoms with Gasteiger partial charge in [-0.25, -0.2) is 0 Å². The molecule has 1 atom stereocenters. The highest BCUT2D eigenvalue weighted by molar-refractivity contribution is 5.28. The van der Waals surface area contributed by atoms with Crippen molar-refractivity contribution in [2.45, 2.75) is 39.7 Å². The number of benzene rings is 1. The van der Waals surface area contributed by atoms with Crippen LogP contribution < -0.4 is 10.5 Å². The largest absolute Gasteiger partial charge is 0.494 e. The summed E-state index contributed by atoms with van der Waals surface area (Å²) in [5.41, 5.74) is 7.12. The molecule has 0 unspecified atom stereocenters. The maximum absolute atomic E-state index is 5.94. The molecule has 0 spiro atoms. The van der Waals surface area contributed by atoms with Gasteiger partial charge in [-0.2, -0.15) is 0 Å². The Bertz CT molecular complexity index is 292. The number of hydrogen-bond acceptors (Lipinski definition) is 2. The minimum absolute atomic E-state index is 0.143. The molecule has 2 N–H and O–H groups in total. The second-order valence-electron chi connectivity index (χ2n) is 4.61. The zero-order chi connectivity index (χ0) is 12.0. The Morgan fingerprint density at radius 1 is 1.19 bits per heavy atom. The molecule has 90 valence electrons. The quantitative estimate of drug-likeness (QED) is 0.797. The van der Waals surface area contributed by atoms with Gasteiger partial charge in [0.1, 0.15) is 5.75 Å². The zero-order valence-corrected chi connectivity index (χ0v) is 10.6. The van der Waals surface area contributed by atoms with Gasteiger partial charge in [-0.15, -0.1) is 0 Å². The van der Waals surface area contributed by atoms with Gasteiger partial charge in [0, 0.05) is 6.04 Å². The van der Waals surface area contributed by atoms with Gasteiger partial charge in [0.25, 0.3) is 0 Å². The van der Waals surface area contributed by atoms with Crippen LogP contribution >= 0.6 is 0 Å². The Morgan fingerprint density at radius 3 is 2.31 bits per heavy atom. The monoisotopic (exact) mass is 221 g/mol. The van der Waals surface area contributed by atoms with Crippen molar-refractivity contribution in [2.75, 3.05) is 6.61 Å². The van der Waals surface area contributed by atoms with Gasteiger partial charge in [0.05, 0.1) is 6.61 Å². The van der Waals surface area contributed by atoms with Crippen molar-refractivity contribution in [3.8, 4) is 5.75 Å². The average Bonchev–Trinajstić information content (AvgIpc) is 2.28. The molecular weight excluding hydrogens is 198 g/mol. The van der Waals surface area contributed by atoms with Crippen LogP contribution in [0.4, 0.5) is 0 Å². The first-order valence-corrected chi connectivity index (χ1v) is 6.11. The molecule has 1 aromatic carbocycles. The fraction of sp³-hybridized carbons (Fsp3) is 0.571. The summed E-state index contributed by atoms with van der Waals surface area (Å²) in [6.45, 7) is 7.29. The van der Waals surface area contributed by atoms with Crippen LogP contribution in [0, 0.1) is 5.92 Å². The predicted molar refractivity (Wildman–Crippen MR) is 68.6 cm³/mol. The summed E-state index contributed by atoms with van der Waals surface area (Å²) in [7, 11) is 0. The SMILES string of the molecule is CC[C@@H](N)c1ccc(OCCC(C)C)cc1. The van der Waals surface area contributed by atoms with Crippen LogP contribution in [0.1, 0.15) is 45.2 Å². The molecule has 1 aromatic rings. The molecule has 0 aliphatic heterocycles. The number of ether oxygens (including phenoxy) is 1. The van der Waals surface area contributed by atoms with Crippen molar-refractivity contribution in [1.29, 1.82) is 0 Å². The fourth-order valence-corrected chi connectivity index (χ4v) is 1.46. The van der Waals surface area contributed by atoms with Crippen LogP contribution in [0.5, 0.6) is 5.75 Å². The normalized spacial score (nSPS) is 12.8. The maximum atomic E-state index is 5.94. The molecule has 0 amide bonds. The average molecular weight is 221 g/mol. The highest BCUT2D eigenvalue weighted by Crippen LogP contribution is 2.18. The summed E-state index contributed by atoms with van der Waals surface area (Å²) in [6, 6.07) is 8.26. The molecule has 0 fully saturated rings. The van der Waals surface area contributed by atoms with Crippen molar-refractivity contribution in [3.63, 3.8) is 0 Å². The Hall–Kier alpha value is -1.02. The number of nitrogens with two attached hydrogens (primary N) is 1. The van der Waals surface area contributed by atoms with E-state index in [0.29, 0.717) is 5.92 Å². The first-order chi connectivity index (χ1) is 7.63. The van der Waals surface area contributed by atoms with Crippen LogP contribution in [-0.4, -0.2) is 6.61 Å². The number of hydrogen-bond donors (Lipinski definition) is 1. The topological polar surface area (TPSA) is 35.2 Å². The lowest BCUT2D eigenvalue weighted by atomic mass is 10.1. The highest BCUT2D eigenvalue weighted by Gasteiger charge is 2.03. The van der Waals surface area contributed by atoms with Crippen LogP contribution in [0.25, 0.3) is 0 Å².